The first-order chi connectivity index (χ1) is 8.33. The zero-order chi connectivity index (χ0) is 11.8. The molecule has 0 atom stereocenters. The second-order valence-corrected chi connectivity index (χ2v) is 5.12. The number of fused-ring (bicyclic) bond motifs is 1. The van der Waals surface area contributed by atoms with Crippen molar-refractivity contribution in [3.8, 4) is 0 Å². The minimum atomic E-state index is 0.650. The first kappa shape index (κ1) is 10.8. The van der Waals surface area contributed by atoms with Crippen LogP contribution >= 0.6 is 0 Å². The summed E-state index contributed by atoms with van der Waals surface area (Å²) in [7, 11) is 2.14. The molecule has 1 saturated carbocycles. The zero-order valence-corrected chi connectivity index (χ0v) is 10.4. The van der Waals surface area contributed by atoms with Gasteiger partial charge in [-0.2, -0.15) is 0 Å². The molecule has 1 aliphatic rings. The standard InChI is InChI=1S/C15H20N2/c1-17-13-9-5-4-8-12(13)15(14(17)10-16)11-6-2-3-7-11/h4-5,8-9,11H,2-3,6-7,10,16H2,1H3. The molecular formula is C15H20N2. The molecule has 1 fully saturated rings. The minimum absolute atomic E-state index is 0.650. The van der Waals surface area contributed by atoms with Crippen molar-refractivity contribution in [3.05, 3.63) is 35.5 Å². The number of aromatic nitrogens is 1. The Bertz CT molecular complexity index is 533. The van der Waals surface area contributed by atoms with Crippen LogP contribution in [0.4, 0.5) is 0 Å². The number of benzene rings is 1. The molecule has 0 bridgehead atoms. The van der Waals surface area contributed by atoms with Crippen LogP contribution in [0, 0.1) is 0 Å². The molecule has 3 rings (SSSR count). The predicted molar refractivity (Wildman–Crippen MR) is 72.0 cm³/mol. The van der Waals surface area contributed by atoms with Gasteiger partial charge in [0.2, 0.25) is 0 Å². The maximum absolute atomic E-state index is 5.96. The molecule has 1 aromatic carbocycles. The predicted octanol–water partition coefficient (Wildman–Crippen LogP) is 3.29. The SMILES string of the molecule is Cn1c(CN)c(C2CCCC2)c2ccccc21. The lowest BCUT2D eigenvalue weighted by Gasteiger charge is -2.11. The van der Waals surface area contributed by atoms with Crippen LogP contribution < -0.4 is 5.73 Å². The van der Waals surface area contributed by atoms with Crippen molar-refractivity contribution in [2.24, 2.45) is 12.8 Å². The van der Waals surface area contributed by atoms with E-state index in [1.54, 1.807) is 0 Å². The Morgan fingerprint density at radius 2 is 1.94 bits per heavy atom. The van der Waals surface area contributed by atoms with E-state index in [-0.39, 0.29) is 0 Å². The third-order valence-electron chi connectivity index (χ3n) is 4.23. The molecule has 2 nitrogen and oxygen atoms in total. The molecule has 1 heterocycles. The van der Waals surface area contributed by atoms with Crippen LogP contribution in [0.1, 0.15) is 42.9 Å². The van der Waals surface area contributed by atoms with E-state index in [4.69, 9.17) is 5.73 Å². The fraction of sp³-hybridized carbons (Fsp3) is 0.467. The smallest absolute Gasteiger partial charge is 0.0483 e. The molecule has 1 aromatic heterocycles. The molecule has 1 aliphatic carbocycles. The Kier molecular flexibility index (Phi) is 2.67. The third-order valence-corrected chi connectivity index (χ3v) is 4.23. The molecule has 0 saturated heterocycles. The summed E-state index contributed by atoms with van der Waals surface area (Å²) in [5, 5.41) is 1.42. The topological polar surface area (TPSA) is 30.9 Å². The minimum Gasteiger partial charge on any atom is -0.346 e. The van der Waals surface area contributed by atoms with E-state index in [1.165, 1.54) is 47.8 Å². The summed E-state index contributed by atoms with van der Waals surface area (Å²) >= 11 is 0. The maximum atomic E-state index is 5.96. The number of nitrogens with zero attached hydrogens (tertiary/aromatic N) is 1. The molecule has 0 unspecified atom stereocenters. The Hall–Kier alpha value is -1.28. The van der Waals surface area contributed by atoms with Crippen LogP contribution in [-0.2, 0) is 13.6 Å². The van der Waals surface area contributed by atoms with Crippen LogP contribution in [0.5, 0.6) is 0 Å². The fourth-order valence-corrected chi connectivity index (χ4v) is 3.39. The normalized spacial score (nSPS) is 17.1. The van der Waals surface area contributed by atoms with E-state index in [2.05, 4.69) is 35.9 Å². The number of hydrogen-bond acceptors (Lipinski definition) is 1. The highest BCUT2D eigenvalue weighted by Gasteiger charge is 2.24. The van der Waals surface area contributed by atoms with Crippen LogP contribution in [0.3, 0.4) is 0 Å². The summed E-state index contributed by atoms with van der Waals surface area (Å²) in [6, 6.07) is 8.71. The van der Waals surface area contributed by atoms with E-state index in [9.17, 15) is 0 Å². The maximum Gasteiger partial charge on any atom is 0.0483 e. The summed E-state index contributed by atoms with van der Waals surface area (Å²) in [5.41, 5.74) is 10.2. The summed E-state index contributed by atoms with van der Waals surface area (Å²) < 4.78 is 2.28. The number of aryl methyl sites for hydroxylation is 1. The van der Waals surface area contributed by atoms with Gasteiger partial charge >= 0.3 is 0 Å². The van der Waals surface area contributed by atoms with Crippen molar-refractivity contribution in [2.75, 3.05) is 0 Å². The van der Waals surface area contributed by atoms with Gasteiger partial charge in [0.25, 0.3) is 0 Å². The Morgan fingerprint density at radius 3 is 2.65 bits per heavy atom. The van der Waals surface area contributed by atoms with Crippen LogP contribution in [0.2, 0.25) is 0 Å². The quantitative estimate of drug-likeness (QED) is 0.840. The second-order valence-electron chi connectivity index (χ2n) is 5.12. The Morgan fingerprint density at radius 1 is 1.24 bits per heavy atom. The number of para-hydroxylation sites is 1. The van der Waals surface area contributed by atoms with E-state index in [0.29, 0.717) is 6.54 Å². The van der Waals surface area contributed by atoms with Gasteiger partial charge in [-0.15, -0.1) is 0 Å². The van der Waals surface area contributed by atoms with Gasteiger partial charge in [0.05, 0.1) is 0 Å². The fourth-order valence-electron chi connectivity index (χ4n) is 3.39. The van der Waals surface area contributed by atoms with Crippen molar-refractivity contribution in [2.45, 2.75) is 38.1 Å². The molecule has 0 spiro atoms. The molecule has 0 aliphatic heterocycles. The molecule has 17 heavy (non-hydrogen) atoms. The molecule has 2 N–H and O–H groups in total. The second kappa shape index (κ2) is 4.19. The summed E-state index contributed by atoms with van der Waals surface area (Å²) in [6.45, 7) is 0.650. The van der Waals surface area contributed by atoms with Gasteiger partial charge in [0.1, 0.15) is 0 Å². The van der Waals surface area contributed by atoms with Gasteiger partial charge in [0, 0.05) is 30.2 Å². The molecule has 2 aromatic rings. The summed E-state index contributed by atoms with van der Waals surface area (Å²) in [5.74, 6) is 0.736. The average molecular weight is 228 g/mol. The molecule has 0 amide bonds. The number of nitrogens with two attached hydrogens (primary N) is 1. The molecule has 0 radical (unpaired) electrons. The highest BCUT2D eigenvalue weighted by molar-refractivity contribution is 5.86. The lowest BCUT2D eigenvalue weighted by molar-refractivity contribution is 0.702. The lowest BCUT2D eigenvalue weighted by atomic mass is 9.94. The van der Waals surface area contributed by atoms with Gasteiger partial charge in [-0.25, -0.2) is 0 Å². The van der Waals surface area contributed by atoms with Crippen LogP contribution in [0.15, 0.2) is 24.3 Å². The number of rotatable bonds is 2. The van der Waals surface area contributed by atoms with Crippen molar-refractivity contribution < 1.29 is 0 Å². The Balaban J connectivity index is 2.26. The van der Waals surface area contributed by atoms with E-state index in [1.807, 2.05) is 0 Å². The summed E-state index contributed by atoms with van der Waals surface area (Å²) in [4.78, 5) is 0. The van der Waals surface area contributed by atoms with Gasteiger partial charge < -0.3 is 10.3 Å². The third kappa shape index (κ3) is 1.59. The highest BCUT2D eigenvalue weighted by Crippen LogP contribution is 2.40. The van der Waals surface area contributed by atoms with Gasteiger partial charge in [-0.3, -0.25) is 0 Å². The van der Waals surface area contributed by atoms with Gasteiger partial charge in [-0.1, -0.05) is 31.0 Å². The first-order valence-corrected chi connectivity index (χ1v) is 6.59. The van der Waals surface area contributed by atoms with E-state index in [0.717, 1.165) is 5.92 Å². The van der Waals surface area contributed by atoms with Crippen LogP contribution in [-0.4, -0.2) is 4.57 Å². The molecular weight excluding hydrogens is 208 g/mol. The van der Waals surface area contributed by atoms with Crippen LogP contribution in [0.25, 0.3) is 10.9 Å². The average Bonchev–Trinajstić information content (AvgIpc) is 2.96. The highest BCUT2D eigenvalue weighted by atomic mass is 15.0. The largest absolute Gasteiger partial charge is 0.346 e. The monoisotopic (exact) mass is 228 g/mol. The number of hydrogen-bond donors (Lipinski definition) is 1. The molecule has 90 valence electrons. The van der Waals surface area contributed by atoms with E-state index < -0.39 is 0 Å². The molecule has 2 heteroatoms. The lowest BCUT2D eigenvalue weighted by Crippen LogP contribution is -2.07. The first-order valence-electron chi connectivity index (χ1n) is 6.59. The van der Waals surface area contributed by atoms with Crippen molar-refractivity contribution in [1.29, 1.82) is 0 Å². The van der Waals surface area contributed by atoms with Crippen molar-refractivity contribution in [1.82, 2.24) is 4.57 Å². The van der Waals surface area contributed by atoms with Crippen molar-refractivity contribution in [3.63, 3.8) is 0 Å². The Labute approximate surface area is 102 Å². The van der Waals surface area contributed by atoms with E-state index >= 15 is 0 Å². The van der Waals surface area contributed by atoms with Gasteiger partial charge in [0.15, 0.2) is 0 Å². The van der Waals surface area contributed by atoms with Crippen molar-refractivity contribution >= 4 is 10.9 Å². The summed E-state index contributed by atoms with van der Waals surface area (Å²) in [6.07, 6.45) is 5.41. The van der Waals surface area contributed by atoms with Gasteiger partial charge in [-0.05, 0) is 30.4 Å². The zero-order valence-electron chi connectivity index (χ0n) is 10.4.